The molecule has 2 heterocycles. The van der Waals surface area contributed by atoms with E-state index >= 15 is 0 Å². The molecule has 0 aromatic carbocycles. The maximum absolute atomic E-state index is 6.07. The van der Waals surface area contributed by atoms with Gasteiger partial charge in [0.2, 0.25) is 0 Å². The molecule has 104 valence electrons. The van der Waals surface area contributed by atoms with Gasteiger partial charge in [0.15, 0.2) is 11.7 Å². The third-order valence-corrected chi connectivity index (χ3v) is 3.96. The zero-order valence-electron chi connectivity index (χ0n) is 10.4. The lowest BCUT2D eigenvalue weighted by Gasteiger charge is -2.01. The van der Waals surface area contributed by atoms with Crippen LogP contribution in [0, 0.1) is 0 Å². The Morgan fingerprint density at radius 2 is 2.26 bits per heavy atom. The zero-order valence-corrected chi connectivity index (χ0v) is 12.7. The van der Waals surface area contributed by atoms with Crippen LogP contribution < -0.4 is 5.32 Å². The zero-order chi connectivity index (χ0) is 13.7. The molecule has 1 N–H and O–H groups in total. The molecule has 0 fully saturated rings. The summed E-state index contributed by atoms with van der Waals surface area (Å²) in [6.07, 6.45) is 2.40. The molecule has 2 aromatic heterocycles. The summed E-state index contributed by atoms with van der Waals surface area (Å²) in [5.74, 6) is 1.33. The monoisotopic (exact) mass is 320 g/mol. The van der Waals surface area contributed by atoms with E-state index in [-0.39, 0.29) is 0 Å². The number of halogens is 2. The van der Waals surface area contributed by atoms with E-state index in [9.17, 15) is 0 Å². The van der Waals surface area contributed by atoms with Gasteiger partial charge >= 0.3 is 0 Å². The average Bonchev–Trinajstić information content (AvgIpc) is 2.95. The van der Waals surface area contributed by atoms with E-state index in [1.165, 1.54) is 11.3 Å². The Bertz CT molecular complexity index is 528. The topological polar surface area (TPSA) is 47.3 Å². The standard InChI is InChI=1S/C12H14Cl2N2O2S/c1-17-5-4-15-3-2-11-16-7-9(18-11)8-6-10(13)19-12(8)14/h6-7,15H,2-5H2,1H3. The summed E-state index contributed by atoms with van der Waals surface area (Å²) in [5.41, 5.74) is 0.794. The molecule has 0 spiro atoms. The molecule has 2 aromatic rings. The molecule has 0 atom stereocenters. The fourth-order valence-corrected chi connectivity index (χ4v) is 3.03. The summed E-state index contributed by atoms with van der Waals surface area (Å²) in [6.45, 7) is 2.30. The molecule has 0 bridgehead atoms. The fraction of sp³-hybridized carbons (Fsp3) is 0.417. The van der Waals surface area contributed by atoms with Crippen molar-refractivity contribution < 1.29 is 9.15 Å². The number of oxazole rings is 1. The van der Waals surface area contributed by atoms with Gasteiger partial charge in [0, 0.05) is 32.2 Å². The molecule has 0 amide bonds. The quantitative estimate of drug-likeness (QED) is 0.793. The SMILES string of the molecule is COCCNCCc1ncc(-c2cc(Cl)sc2Cl)o1. The second kappa shape index (κ2) is 7.26. The Morgan fingerprint density at radius 1 is 1.42 bits per heavy atom. The second-order valence-corrected chi connectivity index (χ2v) is 6.13. The lowest BCUT2D eigenvalue weighted by Crippen LogP contribution is -2.21. The highest BCUT2D eigenvalue weighted by Crippen LogP contribution is 2.38. The van der Waals surface area contributed by atoms with Gasteiger partial charge in [0.1, 0.15) is 4.34 Å². The van der Waals surface area contributed by atoms with Crippen molar-refractivity contribution in [1.82, 2.24) is 10.3 Å². The van der Waals surface area contributed by atoms with Crippen LogP contribution in [0.1, 0.15) is 5.89 Å². The largest absolute Gasteiger partial charge is 0.441 e. The number of aromatic nitrogens is 1. The number of rotatable bonds is 7. The molecule has 0 unspecified atom stereocenters. The minimum absolute atomic E-state index is 0.617. The van der Waals surface area contributed by atoms with Gasteiger partial charge in [-0.05, 0) is 6.07 Å². The van der Waals surface area contributed by atoms with E-state index in [0.717, 1.165) is 25.1 Å². The summed E-state index contributed by atoms with van der Waals surface area (Å²) in [7, 11) is 1.68. The van der Waals surface area contributed by atoms with Gasteiger partial charge in [-0.15, -0.1) is 11.3 Å². The van der Waals surface area contributed by atoms with E-state index in [1.807, 2.05) is 0 Å². The lowest BCUT2D eigenvalue weighted by molar-refractivity contribution is 0.199. The molecule has 0 saturated heterocycles. The third-order valence-electron chi connectivity index (χ3n) is 2.47. The van der Waals surface area contributed by atoms with E-state index in [0.29, 0.717) is 26.9 Å². The van der Waals surface area contributed by atoms with Gasteiger partial charge in [-0.1, -0.05) is 23.2 Å². The van der Waals surface area contributed by atoms with E-state index < -0.39 is 0 Å². The highest BCUT2D eigenvalue weighted by Gasteiger charge is 2.13. The van der Waals surface area contributed by atoms with Crippen LogP contribution in [0.5, 0.6) is 0 Å². The van der Waals surface area contributed by atoms with Crippen molar-refractivity contribution in [1.29, 1.82) is 0 Å². The Balaban J connectivity index is 1.90. The molecule has 7 heteroatoms. The van der Waals surface area contributed by atoms with Gasteiger partial charge in [-0.2, -0.15) is 0 Å². The molecule has 0 aliphatic heterocycles. The van der Waals surface area contributed by atoms with Crippen molar-refractivity contribution in [2.45, 2.75) is 6.42 Å². The summed E-state index contributed by atoms with van der Waals surface area (Å²) in [6, 6.07) is 1.79. The number of ether oxygens (including phenoxy) is 1. The predicted octanol–water partition coefficient (Wildman–Crippen LogP) is 3.49. The van der Waals surface area contributed by atoms with Gasteiger partial charge < -0.3 is 14.5 Å². The van der Waals surface area contributed by atoms with Crippen molar-refractivity contribution in [2.75, 3.05) is 26.8 Å². The van der Waals surface area contributed by atoms with Gasteiger partial charge in [0.05, 0.1) is 17.1 Å². The number of methoxy groups -OCH3 is 1. The van der Waals surface area contributed by atoms with Crippen LogP contribution in [0.2, 0.25) is 8.67 Å². The maximum atomic E-state index is 6.07. The Labute approximate surface area is 125 Å². The van der Waals surface area contributed by atoms with Crippen LogP contribution >= 0.6 is 34.5 Å². The van der Waals surface area contributed by atoms with Crippen molar-refractivity contribution in [3.05, 3.63) is 26.8 Å². The van der Waals surface area contributed by atoms with Gasteiger partial charge in [-0.25, -0.2) is 4.98 Å². The Kier molecular flexibility index (Phi) is 5.66. The van der Waals surface area contributed by atoms with Crippen LogP contribution in [-0.2, 0) is 11.2 Å². The number of hydrogen-bond acceptors (Lipinski definition) is 5. The molecule has 0 radical (unpaired) electrons. The van der Waals surface area contributed by atoms with E-state index in [2.05, 4.69) is 10.3 Å². The molecule has 2 rings (SSSR count). The highest BCUT2D eigenvalue weighted by molar-refractivity contribution is 7.20. The number of nitrogens with one attached hydrogen (secondary N) is 1. The highest BCUT2D eigenvalue weighted by atomic mass is 35.5. The Hall–Kier alpha value is -0.590. The number of thiophene rings is 1. The van der Waals surface area contributed by atoms with Crippen LogP contribution in [0.4, 0.5) is 0 Å². The van der Waals surface area contributed by atoms with Crippen molar-refractivity contribution in [2.24, 2.45) is 0 Å². The normalized spacial score (nSPS) is 11.1. The lowest BCUT2D eigenvalue weighted by atomic mass is 10.3. The predicted molar refractivity (Wildman–Crippen MR) is 78.3 cm³/mol. The van der Waals surface area contributed by atoms with Crippen LogP contribution in [-0.4, -0.2) is 31.8 Å². The summed E-state index contributed by atoms with van der Waals surface area (Å²) in [4.78, 5) is 4.23. The number of nitrogens with zero attached hydrogens (tertiary/aromatic N) is 1. The second-order valence-electron chi connectivity index (χ2n) is 3.85. The molecular formula is C12H14Cl2N2O2S. The van der Waals surface area contributed by atoms with Crippen LogP contribution in [0.3, 0.4) is 0 Å². The average molecular weight is 321 g/mol. The molecule has 19 heavy (non-hydrogen) atoms. The van der Waals surface area contributed by atoms with Crippen LogP contribution in [0.25, 0.3) is 11.3 Å². The van der Waals surface area contributed by atoms with Crippen molar-refractivity contribution in [3.63, 3.8) is 0 Å². The molecule has 0 saturated carbocycles. The van der Waals surface area contributed by atoms with Crippen LogP contribution in [0.15, 0.2) is 16.7 Å². The molecule has 4 nitrogen and oxygen atoms in total. The summed E-state index contributed by atoms with van der Waals surface area (Å²) < 4.78 is 11.9. The summed E-state index contributed by atoms with van der Waals surface area (Å²) >= 11 is 13.3. The first-order chi connectivity index (χ1) is 9.20. The van der Waals surface area contributed by atoms with Gasteiger partial charge in [-0.3, -0.25) is 0 Å². The first kappa shape index (κ1) is 14.8. The van der Waals surface area contributed by atoms with Crippen molar-refractivity contribution >= 4 is 34.5 Å². The third kappa shape index (κ3) is 4.19. The smallest absolute Gasteiger partial charge is 0.196 e. The van der Waals surface area contributed by atoms with E-state index in [4.69, 9.17) is 32.4 Å². The van der Waals surface area contributed by atoms with E-state index in [1.54, 1.807) is 19.4 Å². The molecule has 0 aliphatic rings. The fourth-order valence-electron chi connectivity index (χ4n) is 1.55. The minimum atomic E-state index is 0.617. The first-order valence-electron chi connectivity index (χ1n) is 5.80. The van der Waals surface area contributed by atoms with Crippen molar-refractivity contribution in [3.8, 4) is 11.3 Å². The Morgan fingerprint density at radius 3 is 2.95 bits per heavy atom. The first-order valence-corrected chi connectivity index (χ1v) is 7.37. The number of hydrogen-bond donors (Lipinski definition) is 1. The molecule has 0 aliphatic carbocycles. The minimum Gasteiger partial charge on any atom is -0.441 e. The van der Waals surface area contributed by atoms with Gasteiger partial charge in [0.25, 0.3) is 0 Å². The molecular weight excluding hydrogens is 307 g/mol. The summed E-state index contributed by atoms with van der Waals surface area (Å²) in [5, 5.41) is 3.23. The maximum Gasteiger partial charge on any atom is 0.196 e.